The van der Waals surface area contributed by atoms with Crippen LogP contribution in [0.5, 0.6) is 0 Å². The lowest BCUT2D eigenvalue weighted by atomic mass is 9.86. The van der Waals surface area contributed by atoms with Gasteiger partial charge in [0, 0.05) is 42.7 Å². The number of carbonyl (C=O) groups excluding carboxylic acids is 1. The molecule has 1 amide bonds. The fraction of sp³-hybridized carbons (Fsp3) is 0.364. The zero-order valence-corrected chi connectivity index (χ0v) is 18.8. The Kier molecular flexibility index (Phi) is 6.44. The first kappa shape index (κ1) is 25.1. The number of halogens is 5. The van der Waals surface area contributed by atoms with Crippen molar-refractivity contribution in [1.29, 1.82) is 5.26 Å². The van der Waals surface area contributed by atoms with E-state index in [0.29, 0.717) is 29.8 Å². The predicted molar refractivity (Wildman–Crippen MR) is 115 cm³/mol. The van der Waals surface area contributed by atoms with Gasteiger partial charge in [0.1, 0.15) is 23.2 Å². The molecule has 4 rings (SSSR count). The Hall–Kier alpha value is -3.99. The zero-order valence-electron chi connectivity index (χ0n) is 18.8. The van der Waals surface area contributed by atoms with Crippen LogP contribution in [0, 0.1) is 23.0 Å². The zero-order chi connectivity index (χ0) is 26.3. The first-order chi connectivity index (χ1) is 17.0. The summed E-state index contributed by atoms with van der Waals surface area (Å²) in [5.74, 6) is -3.60. The topological polar surface area (TPSA) is 123 Å². The summed E-state index contributed by atoms with van der Waals surface area (Å²) in [6, 6.07) is 1.09. The Bertz CT molecular complexity index is 1310. The molecule has 36 heavy (non-hydrogen) atoms. The average molecular weight is 509 g/mol. The van der Waals surface area contributed by atoms with Gasteiger partial charge in [0.25, 0.3) is 5.91 Å². The number of aliphatic hydroxyl groups is 1. The van der Waals surface area contributed by atoms with Crippen LogP contribution in [-0.2, 0) is 12.1 Å². The van der Waals surface area contributed by atoms with E-state index in [1.807, 2.05) is 0 Å². The normalized spacial score (nSPS) is 15.8. The average Bonchev–Trinajstić information content (AvgIpc) is 3.46. The van der Waals surface area contributed by atoms with E-state index >= 15 is 0 Å². The third kappa shape index (κ3) is 4.49. The number of alkyl halides is 3. The SMILES string of the molecule is C[C@H](NC(=O)c1cc(F)c(N2CC(CC#N)(n3cc(-c4cn[nH]c4)c(CO)n3)C2)cc1F)C(F)(F)F. The Balaban J connectivity index is 1.57. The van der Waals surface area contributed by atoms with Crippen LogP contribution in [-0.4, -0.2) is 56.3 Å². The number of nitrogens with one attached hydrogen (secondary N) is 2. The van der Waals surface area contributed by atoms with E-state index in [4.69, 9.17) is 0 Å². The number of nitriles is 1. The lowest BCUT2D eigenvalue weighted by Gasteiger charge is -2.50. The highest BCUT2D eigenvalue weighted by atomic mass is 19.4. The van der Waals surface area contributed by atoms with Crippen LogP contribution in [0.3, 0.4) is 0 Å². The van der Waals surface area contributed by atoms with E-state index in [1.54, 1.807) is 17.7 Å². The number of anilines is 1. The summed E-state index contributed by atoms with van der Waals surface area (Å²) in [7, 11) is 0. The summed E-state index contributed by atoms with van der Waals surface area (Å²) in [6.45, 7) is 0.400. The number of amides is 1. The number of hydrogen-bond donors (Lipinski definition) is 3. The smallest absolute Gasteiger partial charge is 0.390 e. The lowest BCUT2D eigenvalue weighted by Crippen LogP contribution is -2.63. The fourth-order valence-corrected chi connectivity index (χ4v) is 4.04. The second kappa shape index (κ2) is 9.23. The number of rotatable bonds is 7. The van der Waals surface area contributed by atoms with Gasteiger partial charge < -0.3 is 15.3 Å². The van der Waals surface area contributed by atoms with Crippen LogP contribution < -0.4 is 10.2 Å². The number of benzene rings is 1. The highest BCUT2D eigenvalue weighted by molar-refractivity contribution is 5.95. The van der Waals surface area contributed by atoms with Gasteiger partial charge in [0.15, 0.2) is 0 Å². The quantitative estimate of drug-likeness (QED) is 0.421. The minimum Gasteiger partial charge on any atom is -0.390 e. The predicted octanol–water partition coefficient (Wildman–Crippen LogP) is 2.85. The first-order valence-corrected chi connectivity index (χ1v) is 10.7. The molecule has 1 aliphatic heterocycles. The number of nitrogens with zero attached hydrogens (tertiary/aromatic N) is 5. The standard InChI is InChI=1S/C22H20F5N7O2/c1-12(22(25,26)27)31-20(36)14-4-17(24)19(5-16(14)23)33-10-21(11-33,2-3-28)34-8-15(18(9-35)32-34)13-6-29-30-7-13/h4-8,12,35H,2,9-11H2,1H3,(H,29,30)(H,31,36)/t12-/m0/s1. The lowest BCUT2D eigenvalue weighted by molar-refractivity contribution is -0.149. The summed E-state index contributed by atoms with van der Waals surface area (Å²) in [6.07, 6.45) is 0.00994. The summed E-state index contributed by atoms with van der Waals surface area (Å²) in [5.41, 5.74) is -0.403. The summed E-state index contributed by atoms with van der Waals surface area (Å²) < 4.78 is 69.1. The third-order valence-corrected chi connectivity index (χ3v) is 6.07. The van der Waals surface area contributed by atoms with Crippen molar-refractivity contribution in [3.8, 4) is 17.2 Å². The van der Waals surface area contributed by atoms with E-state index in [-0.39, 0.29) is 31.8 Å². The number of hydrogen-bond acceptors (Lipinski definition) is 6. The molecule has 0 spiro atoms. The summed E-state index contributed by atoms with van der Waals surface area (Å²) in [5, 5.41) is 31.6. The van der Waals surface area contributed by atoms with Gasteiger partial charge in [-0.25, -0.2) is 8.78 Å². The Morgan fingerprint density at radius 3 is 2.64 bits per heavy atom. The molecule has 9 nitrogen and oxygen atoms in total. The van der Waals surface area contributed by atoms with Crippen molar-refractivity contribution >= 4 is 11.6 Å². The summed E-state index contributed by atoms with van der Waals surface area (Å²) in [4.78, 5) is 13.5. The minimum atomic E-state index is -4.74. The number of aromatic nitrogens is 4. The van der Waals surface area contributed by atoms with Crippen LogP contribution in [0.15, 0.2) is 30.7 Å². The molecule has 0 saturated carbocycles. The van der Waals surface area contributed by atoms with Crippen molar-refractivity contribution in [3.63, 3.8) is 0 Å². The van der Waals surface area contributed by atoms with Crippen LogP contribution in [0.2, 0.25) is 0 Å². The van der Waals surface area contributed by atoms with Gasteiger partial charge in [-0.3, -0.25) is 14.6 Å². The van der Waals surface area contributed by atoms with Crippen LogP contribution in [0.1, 0.15) is 29.4 Å². The Morgan fingerprint density at radius 1 is 1.33 bits per heavy atom. The van der Waals surface area contributed by atoms with Crippen LogP contribution in [0.4, 0.5) is 27.6 Å². The van der Waals surface area contributed by atoms with Gasteiger partial charge in [-0.1, -0.05) is 0 Å². The van der Waals surface area contributed by atoms with Gasteiger partial charge in [0.05, 0.1) is 42.2 Å². The van der Waals surface area contributed by atoms with Crippen LogP contribution >= 0.6 is 0 Å². The molecule has 3 heterocycles. The molecular weight excluding hydrogens is 489 g/mol. The van der Waals surface area contributed by atoms with Crippen molar-refractivity contribution in [1.82, 2.24) is 25.3 Å². The Labute approximate surface area is 201 Å². The largest absolute Gasteiger partial charge is 0.408 e. The van der Waals surface area contributed by atoms with E-state index in [9.17, 15) is 37.1 Å². The maximum atomic E-state index is 14.8. The van der Waals surface area contributed by atoms with E-state index in [0.717, 1.165) is 6.07 Å². The monoisotopic (exact) mass is 509 g/mol. The maximum Gasteiger partial charge on any atom is 0.408 e. The number of H-pyrrole nitrogens is 1. The van der Waals surface area contributed by atoms with Crippen molar-refractivity contribution in [3.05, 3.63) is 53.6 Å². The molecule has 0 radical (unpaired) electrons. The van der Waals surface area contributed by atoms with E-state index in [1.165, 1.54) is 15.8 Å². The number of aromatic amines is 1. The van der Waals surface area contributed by atoms with Crippen LogP contribution in [0.25, 0.3) is 11.1 Å². The van der Waals surface area contributed by atoms with Gasteiger partial charge in [0.2, 0.25) is 0 Å². The molecule has 3 aromatic rings. The molecule has 0 bridgehead atoms. The minimum absolute atomic E-state index is 0.0270. The number of carbonyl (C=O) groups is 1. The molecule has 1 saturated heterocycles. The molecule has 1 atom stereocenters. The maximum absolute atomic E-state index is 14.8. The third-order valence-electron chi connectivity index (χ3n) is 6.07. The van der Waals surface area contributed by atoms with Crippen molar-refractivity contribution in [2.24, 2.45) is 0 Å². The molecule has 1 aromatic carbocycles. The van der Waals surface area contributed by atoms with Gasteiger partial charge >= 0.3 is 6.18 Å². The second-order valence-electron chi connectivity index (χ2n) is 8.51. The molecule has 3 N–H and O–H groups in total. The van der Waals surface area contributed by atoms with E-state index in [2.05, 4.69) is 21.4 Å². The molecule has 14 heteroatoms. The van der Waals surface area contributed by atoms with Gasteiger partial charge in [-0.2, -0.15) is 28.6 Å². The van der Waals surface area contributed by atoms with Crippen molar-refractivity contribution in [2.45, 2.75) is 37.7 Å². The fourth-order valence-electron chi connectivity index (χ4n) is 4.04. The second-order valence-corrected chi connectivity index (χ2v) is 8.51. The molecule has 0 unspecified atom stereocenters. The van der Waals surface area contributed by atoms with Crippen molar-refractivity contribution < 1.29 is 31.9 Å². The highest BCUT2D eigenvalue weighted by Gasteiger charge is 2.47. The molecule has 1 fully saturated rings. The molecule has 190 valence electrons. The molecule has 0 aliphatic carbocycles. The first-order valence-electron chi connectivity index (χ1n) is 10.7. The van der Waals surface area contributed by atoms with Gasteiger partial charge in [-0.15, -0.1) is 0 Å². The molecule has 2 aromatic heterocycles. The highest BCUT2D eigenvalue weighted by Crippen LogP contribution is 2.39. The molecular formula is C22H20F5N7O2. The Morgan fingerprint density at radius 2 is 2.06 bits per heavy atom. The van der Waals surface area contributed by atoms with E-state index < -0.39 is 40.9 Å². The van der Waals surface area contributed by atoms with Crippen molar-refractivity contribution in [2.75, 3.05) is 18.0 Å². The number of aliphatic hydroxyl groups excluding tert-OH is 1. The van der Waals surface area contributed by atoms with Gasteiger partial charge in [-0.05, 0) is 13.0 Å². The summed E-state index contributed by atoms with van der Waals surface area (Å²) >= 11 is 0. The molecule has 1 aliphatic rings.